The van der Waals surface area contributed by atoms with E-state index in [0.29, 0.717) is 0 Å². The molecular formula is C18H25NO. The molecule has 1 unspecified atom stereocenters. The van der Waals surface area contributed by atoms with E-state index in [-0.39, 0.29) is 6.04 Å². The lowest BCUT2D eigenvalue weighted by Gasteiger charge is -2.19. The maximum atomic E-state index is 5.71. The van der Waals surface area contributed by atoms with Crippen LogP contribution in [0.5, 0.6) is 0 Å². The number of rotatable bonds is 5. The molecule has 0 saturated heterocycles. The lowest BCUT2D eigenvalue weighted by atomic mass is 9.95. The van der Waals surface area contributed by atoms with Crippen LogP contribution in [0, 0.1) is 27.7 Å². The number of nitrogens with one attached hydrogen (secondary N) is 1. The minimum absolute atomic E-state index is 0.215. The van der Waals surface area contributed by atoms with Gasteiger partial charge in [0.25, 0.3) is 0 Å². The zero-order chi connectivity index (χ0) is 14.7. The highest BCUT2D eigenvalue weighted by Crippen LogP contribution is 2.28. The monoisotopic (exact) mass is 271 g/mol. The zero-order valence-electron chi connectivity index (χ0n) is 13.2. The molecule has 2 heteroatoms. The molecule has 1 atom stereocenters. The molecule has 2 rings (SSSR count). The van der Waals surface area contributed by atoms with Gasteiger partial charge < -0.3 is 9.73 Å². The van der Waals surface area contributed by atoms with Crippen molar-refractivity contribution in [2.45, 2.75) is 47.1 Å². The summed E-state index contributed by atoms with van der Waals surface area (Å²) in [7, 11) is 0. The van der Waals surface area contributed by atoms with E-state index in [2.05, 4.69) is 50.4 Å². The second kappa shape index (κ2) is 6.27. The van der Waals surface area contributed by atoms with Gasteiger partial charge >= 0.3 is 0 Å². The fourth-order valence-corrected chi connectivity index (χ4v) is 2.58. The average Bonchev–Trinajstić information content (AvgIpc) is 2.73. The molecule has 0 radical (unpaired) electrons. The van der Waals surface area contributed by atoms with Gasteiger partial charge in [0, 0.05) is 5.56 Å². The van der Waals surface area contributed by atoms with E-state index in [0.717, 1.165) is 24.5 Å². The van der Waals surface area contributed by atoms with Crippen LogP contribution in [0.3, 0.4) is 0 Å². The molecule has 0 spiro atoms. The molecular weight excluding hydrogens is 246 g/mol. The first-order valence-electron chi connectivity index (χ1n) is 7.40. The second-order valence-corrected chi connectivity index (χ2v) is 5.60. The Kier molecular flexibility index (Phi) is 4.66. The van der Waals surface area contributed by atoms with Gasteiger partial charge in [-0.25, -0.2) is 0 Å². The van der Waals surface area contributed by atoms with Gasteiger partial charge in [-0.3, -0.25) is 0 Å². The standard InChI is InChI=1S/C18H25NO/c1-6-9-19-18(17-11-14(4)20-15(17)5)16-8-7-12(2)13(3)10-16/h7-8,10-11,18-19H,6,9H2,1-5H3. The minimum atomic E-state index is 0.215. The van der Waals surface area contributed by atoms with Crippen molar-refractivity contribution in [1.82, 2.24) is 5.32 Å². The summed E-state index contributed by atoms with van der Waals surface area (Å²) in [6.07, 6.45) is 1.12. The third kappa shape index (κ3) is 3.13. The molecule has 1 aromatic carbocycles. The van der Waals surface area contributed by atoms with E-state index in [1.807, 2.05) is 13.8 Å². The molecule has 1 heterocycles. The predicted molar refractivity (Wildman–Crippen MR) is 84.2 cm³/mol. The van der Waals surface area contributed by atoms with Crippen LogP contribution in [0.1, 0.15) is 53.2 Å². The predicted octanol–water partition coefficient (Wildman–Crippen LogP) is 4.60. The highest BCUT2D eigenvalue weighted by atomic mass is 16.3. The highest BCUT2D eigenvalue weighted by Gasteiger charge is 2.18. The normalized spacial score (nSPS) is 12.7. The highest BCUT2D eigenvalue weighted by molar-refractivity contribution is 5.38. The van der Waals surface area contributed by atoms with Crippen LogP contribution in [0.4, 0.5) is 0 Å². The van der Waals surface area contributed by atoms with Crippen LogP contribution >= 0.6 is 0 Å². The smallest absolute Gasteiger partial charge is 0.106 e. The third-order valence-corrected chi connectivity index (χ3v) is 3.85. The Morgan fingerprint density at radius 1 is 1.05 bits per heavy atom. The van der Waals surface area contributed by atoms with Crippen molar-refractivity contribution >= 4 is 0 Å². The van der Waals surface area contributed by atoms with Gasteiger partial charge in [-0.05, 0) is 63.4 Å². The molecule has 0 amide bonds. The van der Waals surface area contributed by atoms with Crippen molar-refractivity contribution in [1.29, 1.82) is 0 Å². The van der Waals surface area contributed by atoms with Gasteiger partial charge in [-0.15, -0.1) is 0 Å². The van der Waals surface area contributed by atoms with Gasteiger partial charge in [-0.2, -0.15) is 0 Å². The van der Waals surface area contributed by atoms with Crippen LogP contribution in [0.2, 0.25) is 0 Å². The first-order valence-corrected chi connectivity index (χ1v) is 7.40. The van der Waals surface area contributed by atoms with Crippen molar-refractivity contribution < 1.29 is 4.42 Å². The molecule has 20 heavy (non-hydrogen) atoms. The molecule has 1 N–H and O–H groups in total. The molecule has 0 aliphatic carbocycles. The molecule has 2 nitrogen and oxygen atoms in total. The minimum Gasteiger partial charge on any atom is -0.466 e. The van der Waals surface area contributed by atoms with E-state index in [9.17, 15) is 0 Å². The van der Waals surface area contributed by atoms with Crippen molar-refractivity contribution in [3.05, 3.63) is 58.0 Å². The van der Waals surface area contributed by atoms with Gasteiger partial charge in [0.15, 0.2) is 0 Å². The number of benzene rings is 1. The average molecular weight is 271 g/mol. The molecule has 0 aliphatic rings. The Balaban J connectivity index is 2.41. The Labute approximate surface area is 122 Å². The summed E-state index contributed by atoms with van der Waals surface area (Å²) in [4.78, 5) is 0. The van der Waals surface area contributed by atoms with E-state index in [4.69, 9.17) is 4.42 Å². The number of aryl methyl sites for hydroxylation is 4. The van der Waals surface area contributed by atoms with Gasteiger partial charge in [-0.1, -0.05) is 25.1 Å². The fraction of sp³-hybridized carbons (Fsp3) is 0.444. The van der Waals surface area contributed by atoms with Crippen LogP contribution in [-0.2, 0) is 0 Å². The van der Waals surface area contributed by atoms with Crippen LogP contribution in [-0.4, -0.2) is 6.54 Å². The summed E-state index contributed by atoms with van der Waals surface area (Å²) in [6.45, 7) is 11.6. The Hall–Kier alpha value is -1.54. The van der Waals surface area contributed by atoms with Gasteiger partial charge in [0.2, 0.25) is 0 Å². The second-order valence-electron chi connectivity index (χ2n) is 5.60. The molecule has 1 aromatic heterocycles. The molecule has 0 saturated carbocycles. The Bertz CT molecular complexity index is 583. The van der Waals surface area contributed by atoms with E-state index in [1.165, 1.54) is 22.3 Å². The van der Waals surface area contributed by atoms with Gasteiger partial charge in [0.1, 0.15) is 11.5 Å². The fourth-order valence-electron chi connectivity index (χ4n) is 2.58. The van der Waals surface area contributed by atoms with E-state index < -0.39 is 0 Å². The van der Waals surface area contributed by atoms with Crippen LogP contribution in [0.15, 0.2) is 28.7 Å². The van der Waals surface area contributed by atoms with E-state index in [1.54, 1.807) is 0 Å². The summed E-state index contributed by atoms with van der Waals surface area (Å²) in [5.74, 6) is 1.99. The van der Waals surface area contributed by atoms with E-state index >= 15 is 0 Å². The third-order valence-electron chi connectivity index (χ3n) is 3.85. The van der Waals surface area contributed by atoms with Crippen LogP contribution in [0.25, 0.3) is 0 Å². The first kappa shape index (κ1) is 14.9. The number of hydrogen-bond acceptors (Lipinski definition) is 2. The largest absolute Gasteiger partial charge is 0.466 e. The molecule has 0 aliphatic heterocycles. The summed E-state index contributed by atoms with van der Waals surface area (Å²) < 4.78 is 5.71. The summed E-state index contributed by atoms with van der Waals surface area (Å²) in [6, 6.07) is 9.07. The molecule has 0 bridgehead atoms. The summed E-state index contributed by atoms with van der Waals surface area (Å²) in [5, 5.41) is 3.64. The van der Waals surface area contributed by atoms with Crippen LogP contribution < -0.4 is 5.32 Å². The summed E-state index contributed by atoms with van der Waals surface area (Å²) in [5.41, 5.74) is 5.23. The zero-order valence-corrected chi connectivity index (χ0v) is 13.2. The topological polar surface area (TPSA) is 25.2 Å². The lowest BCUT2D eigenvalue weighted by molar-refractivity contribution is 0.493. The maximum absolute atomic E-state index is 5.71. The van der Waals surface area contributed by atoms with Crippen molar-refractivity contribution in [3.63, 3.8) is 0 Å². The molecule has 2 aromatic rings. The SMILES string of the molecule is CCCNC(c1ccc(C)c(C)c1)c1cc(C)oc1C. The molecule has 0 fully saturated rings. The molecule has 108 valence electrons. The van der Waals surface area contributed by atoms with Crippen molar-refractivity contribution in [2.24, 2.45) is 0 Å². The Morgan fingerprint density at radius 2 is 1.80 bits per heavy atom. The van der Waals surface area contributed by atoms with Gasteiger partial charge in [0.05, 0.1) is 6.04 Å². The first-order chi connectivity index (χ1) is 9.52. The van der Waals surface area contributed by atoms with Crippen molar-refractivity contribution in [3.8, 4) is 0 Å². The number of furan rings is 1. The number of hydrogen-bond donors (Lipinski definition) is 1. The lowest BCUT2D eigenvalue weighted by Crippen LogP contribution is -2.23. The van der Waals surface area contributed by atoms with Crippen molar-refractivity contribution in [2.75, 3.05) is 6.54 Å². The Morgan fingerprint density at radius 3 is 2.35 bits per heavy atom. The summed E-state index contributed by atoms with van der Waals surface area (Å²) >= 11 is 0. The quantitative estimate of drug-likeness (QED) is 0.859. The maximum Gasteiger partial charge on any atom is 0.106 e.